The molecule has 2 aromatic rings. The number of halogens is 1. The molecule has 0 aliphatic carbocycles. The lowest BCUT2D eigenvalue weighted by Gasteiger charge is -2.19. The Bertz CT molecular complexity index is 811. The third kappa shape index (κ3) is 9.91. The number of hydrogen-bond donors (Lipinski definition) is 2. The third-order valence-electron chi connectivity index (χ3n) is 4.85. The van der Waals surface area contributed by atoms with Crippen molar-refractivity contribution >= 4 is 41.3 Å². The second-order valence-electron chi connectivity index (χ2n) is 7.10. The maximum Gasteiger partial charge on any atom is 0.191 e. The van der Waals surface area contributed by atoms with E-state index in [1.165, 1.54) is 4.88 Å². The number of thiazole rings is 1. The first-order valence-corrected chi connectivity index (χ1v) is 11.9. The molecule has 0 unspecified atom stereocenters. The number of guanidine groups is 1. The molecular weight excluding hydrogens is 537 g/mol. The molecule has 2 N–H and O–H groups in total. The van der Waals surface area contributed by atoms with E-state index in [1.807, 2.05) is 24.4 Å². The summed E-state index contributed by atoms with van der Waals surface area (Å²) in [7, 11) is 1.67. The van der Waals surface area contributed by atoms with Crippen LogP contribution in [0.3, 0.4) is 0 Å². The Morgan fingerprint density at radius 2 is 1.94 bits per heavy atom. The maximum absolute atomic E-state index is 5.95. The highest BCUT2D eigenvalue weighted by Gasteiger charge is 2.08. The first-order chi connectivity index (χ1) is 15.1. The second-order valence-corrected chi connectivity index (χ2v) is 8.42. The lowest BCUT2D eigenvalue weighted by atomic mass is 10.2. The molecule has 7 nitrogen and oxygen atoms in total. The number of hydrogen-bond acceptors (Lipinski definition) is 6. The normalized spacial score (nSPS) is 11.2. The van der Waals surface area contributed by atoms with E-state index >= 15 is 0 Å². The summed E-state index contributed by atoms with van der Waals surface area (Å²) in [4.78, 5) is 12.7. The number of methoxy groups -OCH3 is 1. The van der Waals surface area contributed by atoms with Gasteiger partial charge in [0.2, 0.25) is 0 Å². The zero-order chi connectivity index (χ0) is 22.5. The molecular formula is C23H38IN5O2S. The summed E-state index contributed by atoms with van der Waals surface area (Å²) in [6.45, 7) is 14.2. The van der Waals surface area contributed by atoms with Crippen LogP contribution < -0.4 is 20.1 Å². The maximum atomic E-state index is 5.95. The smallest absolute Gasteiger partial charge is 0.191 e. The van der Waals surface area contributed by atoms with Crippen molar-refractivity contribution in [1.82, 2.24) is 20.5 Å². The molecule has 1 aromatic carbocycles. The summed E-state index contributed by atoms with van der Waals surface area (Å²) in [6, 6.07) is 6.01. The average Bonchev–Trinajstić information content (AvgIpc) is 3.20. The number of nitrogens with one attached hydrogen (secondary N) is 2. The van der Waals surface area contributed by atoms with E-state index in [0.717, 1.165) is 67.2 Å². The first-order valence-electron chi connectivity index (χ1n) is 11.0. The van der Waals surface area contributed by atoms with Crippen LogP contribution in [0.15, 0.2) is 29.4 Å². The highest BCUT2D eigenvalue weighted by Crippen LogP contribution is 2.28. The Balaban J connectivity index is 0.00000512. The second kappa shape index (κ2) is 16.1. The molecule has 2 rings (SSSR count). The topological polar surface area (TPSA) is 71.0 Å². The minimum Gasteiger partial charge on any atom is -0.493 e. The van der Waals surface area contributed by atoms with Gasteiger partial charge in [0, 0.05) is 37.1 Å². The molecule has 0 aliphatic rings. The molecule has 0 aliphatic heterocycles. The van der Waals surface area contributed by atoms with Crippen molar-refractivity contribution in [3.63, 3.8) is 0 Å². The Hall–Kier alpha value is -1.59. The molecule has 180 valence electrons. The van der Waals surface area contributed by atoms with Crippen molar-refractivity contribution in [2.75, 3.05) is 46.4 Å². The average molecular weight is 576 g/mol. The van der Waals surface area contributed by atoms with Gasteiger partial charge in [0.05, 0.1) is 18.7 Å². The molecule has 0 fully saturated rings. The molecule has 0 bridgehead atoms. The van der Waals surface area contributed by atoms with Gasteiger partial charge in [-0.25, -0.2) is 9.98 Å². The number of ether oxygens (including phenoxy) is 2. The van der Waals surface area contributed by atoms with Crippen LogP contribution in [-0.2, 0) is 13.0 Å². The van der Waals surface area contributed by atoms with Gasteiger partial charge in [-0.1, -0.05) is 19.9 Å². The molecule has 0 atom stereocenters. The van der Waals surface area contributed by atoms with Crippen LogP contribution in [-0.4, -0.2) is 62.3 Å². The minimum atomic E-state index is 0. The van der Waals surface area contributed by atoms with E-state index in [-0.39, 0.29) is 24.0 Å². The van der Waals surface area contributed by atoms with Gasteiger partial charge in [-0.3, -0.25) is 0 Å². The van der Waals surface area contributed by atoms with Gasteiger partial charge in [-0.15, -0.1) is 35.3 Å². The summed E-state index contributed by atoms with van der Waals surface area (Å²) in [5.41, 5.74) is 1.07. The Labute approximate surface area is 214 Å². The highest BCUT2D eigenvalue weighted by molar-refractivity contribution is 14.0. The first kappa shape index (κ1) is 28.4. The molecule has 32 heavy (non-hydrogen) atoms. The number of aliphatic imine (C=N–C) groups is 1. The molecule has 1 heterocycles. The molecule has 9 heteroatoms. The molecule has 0 radical (unpaired) electrons. The summed E-state index contributed by atoms with van der Waals surface area (Å²) >= 11 is 1.74. The number of nitrogens with zero attached hydrogens (tertiary/aromatic N) is 3. The summed E-state index contributed by atoms with van der Waals surface area (Å²) in [5.74, 6) is 2.31. The van der Waals surface area contributed by atoms with E-state index in [2.05, 4.69) is 48.2 Å². The van der Waals surface area contributed by atoms with E-state index in [9.17, 15) is 0 Å². The lowest BCUT2D eigenvalue weighted by molar-refractivity contribution is 0.217. The van der Waals surface area contributed by atoms with Crippen LogP contribution >= 0.6 is 35.3 Å². The number of rotatable bonds is 13. The van der Waals surface area contributed by atoms with E-state index < -0.39 is 0 Å². The molecule has 0 saturated heterocycles. The van der Waals surface area contributed by atoms with Crippen LogP contribution in [0, 0.1) is 6.92 Å². The lowest BCUT2D eigenvalue weighted by Crippen LogP contribution is -2.38. The van der Waals surface area contributed by atoms with E-state index in [4.69, 9.17) is 14.5 Å². The minimum absolute atomic E-state index is 0. The van der Waals surface area contributed by atoms with Crippen molar-refractivity contribution in [3.05, 3.63) is 39.8 Å². The summed E-state index contributed by atoms with van der Waals surface area (Å²) in [5, 5.41) is 7.82. The molecule has 0 spiro atoms. The van der Waals surface area contributed by atoms with Crippen LogP contribution in [0.4, 0.5) is 0 Å². The number of likely N-dealkylation sites (N-methyl/N-ethyl adjacent to an activating group) is 1. The van der Waals surface area contributed by atoms with E-state index in [0.29, 0.717) is 13.2 Å². The van der Waals surface area contributed by atoms with Crippen molar-refractivity contribution in [3.8, 4) is 11.5 Å². The predicted octanol–water partition coefficient (Wildman–Crippen LogP) is 4.10. The van der Waals surface area contributed by atoms with Crippen LogP contribution in [0.25, 0.3) is 0 Å². The molecule has 1 aromatic heterocycles. The van der Waals surface area contributed by atoms with Gasteiger partial charge in [0.25, 0.3) is 0 Å². The van der Waals surface area contributed by atoms with Crippen LogP contribution in [0.1, 0.15) is 36.2 Å². The van der Waals surface area contributed by atoms with Gasteiger partial charge in [-0.2, -0.15) is 0 Å². The largest absolute Gasteiger partial charge is 0.493 e. The highest BCUT2D eigenvalue weighted by atomic mass is 127. The van der Waals surface area contributed by atoms with Gasteiger partial charge < -0.3 is 25.0 Å². The van der Waals surface area contributed by atoms with Crippen molar-refractivity contribution in [1.29, 1.82) is 0 Å². The number of benzene rings is 1. The fraction of sp³-hybridized carbons (Fsp3) is 0.565. The van der Waals surface area contributed by atoms with Crippen LogP contribution in [0.2, 0.25) is 0 Å². The van der Waals surface area contributed by atoms with Crippen LogP contribution in [0.5, 0.6) is 11.5 Å². The SMILES string of the molecule is CCNC(=NCc1ccc(OCCN(CC)CC)c(OC)c1)NCCc1ncc(C)s1.I. The van der Waals surface area contributed by atoms with Gasteiger partial charge in [0.1, 0.15) is 6.61 Å². The standard InChI is InChI=1S/C23H37N5O2S.HI/c1-6-24-23(25-12-11-22-26-16-18(4)31-22)27-17-19-9-10-20(21(15-19)29-5)30-14-13-28(7-2)8-3;/h9-10,15-16H,6-8,11-14,17H2,1-5H3,(H2,24,25,27);1H. The number of aryl methyl sites for hydroxylation is 1. The zero-order valence-electron chi connectivity index (χ0n) is 19.9. The summed E-state index contributed by atoms with van der Waals surface area (Å²) in [6.07, 6.45) is 2.81. The Morgan fingerprint density at radius 1 is 1.16 bits per heavy atom. The van der Waals surface area contributed by atoms with Gasteiger partial charge in [-0.05, 0) is 44.6 Å². The molecule has 0 amide bonds. The van der Waals surface area contributed by atoms with Gasteiger partial charge >= 0.3 is 0 Å². The van der Waals surface area contributed by atoms with Crippen molar-refractivity contribution in [2.24, 2.45) is 4.99 Å². The zero-order valence-corrected chi connectivity index (χ0v) is 23.1. The monoisotopic (exact) mass is 575 g/mol. The van der Waals surface area contributed by atoms with Crippen molar-refractivity contribution < 1.29 is 9.47 Å². The Kier molecular flexibility index (Phi) is 14.3. The van der Waals surface area contributed by atoms with Crippen molar-refractivity contribution in [2.45, 2.75) is 40.7 Å². The fourth-order valence-corrected chi connectivity index (χ4v) is 3.86. The Morgan fingerprint density at radius 3 is 2.56 bits per heavy atom. The fourth-order valence-electron chi connectivity index (χ4n) is 3.07. The summed E-state index contributed by atoms with van der Waals surface area (Å²) < 4.78 is 11.5. The predicted molar refractivity (Wildman–Crippen MR) is 145 cm³/mol. The van der Waals surface area contributed by atoms with E-state index in [1.54, 1.807) is 18.4 Å². The number of aromatic nitrogens is 1. The van der Waals surface area contributed by atoms with Gasteiger partial charge in [0.15, 0.2) is 17.5 Å². The third-order valence-corrected chi connectivity index (χ3v) is 5.82. The quantitative estimate of drug-likeness (QED) is 0.213. The molecule has 0 saturated carbocycles.